The van der Waals surface area contributed by atoms with E-state index in [2.05, 4.69) is 35.5 Å². The van der Waals surface area contributed by atoms with E-state index in [1.165, 1.54) is 11.3 Å². The van der Waals surface area contributed by atoms with Crippen LogP contribution in [0.5, 0.6) is 0 Å². The van der Waals surface area contributed by atoms with Gasteiger partial charge in [0.2, 0.25) is 0 Å². The number of hydrogen-bond donors (Lipinski definition) is 2. The fourth-order valence-electron chi connectivity index (χ4n) is 4.37. The second-order valence-electron chi connectivity index (χ2n) is 10.1. The second kappa shape index (κ2) is 11.5. The Labute approximate surface area is 236 Å². The molecule has 0 aliphatic carbocycles. The number of piperazine rings is 1. The first kappa shape index (κ1) is 27.4. The Hall–Kier alpha value is -4.16. The molecular formula is C28H32N8O3S. The van der Waals surface area contributed by atoms with E-state index in [1.807, 2.05) is 44.3 Å². The van der Waals surface area contributed by atoms with Crippen LogP contribution in [0.25, 0.3) is 32.6 Å². The highest BCUT2D eigenvalue weighted by Crippen LogP contribution is 2.38. The third-order valence-electron chi connectivity index (χ3n) is 6.62. The van der Waals surface area contributed by atoms with Gasteiger partial charge in [0, 0.05) is 62.4 Å². The summed E-state index contributed by atoms with van der Waals surface area (Å²) < 4.78 is 6.72. The Kier molecular flexibility index (Phi) is 7.90. The largest absolute Gasteiger partial charge is 0.435 e. The van der Waals surface area contributed by atoms with Gasteiger partial charge in [0.05, 0.1) is 15.9 Å². The number of carbonyl (C=O) groups excluding carboxylic acids is 2. The number of aromatic nitrogens is 4. The predicted octanol–water partition coefficient (Wildman–Crippen LogP) is 4.58. The molecule has 12 heteroatoms. The van der Waals surface area contributed by atoms with Gasteiger partial charge < -0.3 is 19.9 Å². The van der Waals surface area contributed by atoms with Crippen molar-refractivity contribution in [3.05, 3.63) is 54.7 Å². The highest BCUT2D eigenvalue weighted by Gasteiger charge is 2.32. The fourth-order valence-corrected chi connectivity index (χ4v) is 5.34. The Morgan fingerprint density at radius 1 is 1.05 bits per heavy atom. The average Bonchev–Trinajstić information content (AvgIpc) is 3.35. The summed E-state index contributed by atoms with van der Waals surface area (Å²) in [7, 11) is 2.04. The van der Waals surface area contributed by atoms with E-state index in [0.29, 0.717) is 30.6 Å². The average molecular weight is 561 g/mol. The van der Waals surface area contributed by atoms with Crippen LogP contribution in [0.4, 0.5) is 14.7 Å². The second-order valence-corrected chi connectivity index (χ2v) is 11.1. The normalized spacial score (nSPS) is 14.2. The monoisotopic (exact) mass is 560 g/mol. The molecule has 1 aromatic carbocycles. The lowest BCUT2D eigenvalue weighted by Crippen LogP contribution is -2.48. The number of benzene rings is 1. The van der Waals surface area contributed by atoms with E-state index >= 15 is 0 Å². The molecule has 0 bridgehead atoms. The van der Waals surface area contributed by atoms with Crippen LogP contribution in [0.15, 0.2) is 48.9 Å². The fraction of sp³-hybridized carbons (Fsp3) is 0.357. The van der Waals surface area contributed by atoms with Crippen LogP contribution in [-0.2, 0) is 10.3 Å². The van der Waals surface area contributed by atoms with Crippen molar-refractivity contribution in [2.24, 2.45) is 0 Å². The summed E-state index contributed by atoms with van der Waals surface area (Å²) in [6.07, 6.45) is 4.82. The van der Waals surface area contributed by atoms with Crippen LogP contribution in [0.1, 0.15) is 26.6 Å². The minimum absolute atomic E-state index is 0.305. The van der Waals surface area contributed by atoms with Crippen molar-refractivity contribution in [2.75, 3.05) is 45.1 Å². The topological polar surface area (TPSA) is 125 Å². The maximum absolute atomic E-state index is 12.8. The summed E-state index contributed by atoms with van der Waals surface area (Å²) in [5.74, 6) is 0.409. The summed E-state index contributed by atoms with van der Waals surface area (Å²) >= 11 is 1.39. The van der Waals surface area contributed by atoms with E-state index in [4.69, 9.17) is 4.74 Å². The highest BCUT2D eigenvalue weighted by atomic mass is 32.1. The van der Waals surface area contributed by atoms with E-state index in [1.54, 1.807) is 37.3 Å². The number of likely N-dealkylation sites (N-methyl/N-ethyl adjacent to an activating group) is 1. The summed E-state index contributed by atoms with van der Waals surface area (Å²) in [5.41, 5.74) is 3.02. The Balaban J connectivity index is 1.43. The first-order valence-electron chi connectivity index (χ1n) is 13.1. The van der Waals surface area contributed by atoms with Gasteiger partial charge in [-0.25, -0.2) is 24.5 Å². The first-order valence-corrected chi connectivity index (χ1v) is 14.0. The zero-order chi connectivity index (χ0) is 28.3. The third-order valence-corrected chi connectivity index (χ3v) is 7.64. The van der Waals surface area contributed by atoms with E-state index in [9.17, 15) is 9.59 Å². The smallest absolute Gasteiger partial charge is 0.410 e. The summed E-state index contributed by atoms with van der Waals surface area (Å²) in [4.78, 5) is 47.1. The maximum atomic E-state index is 12.8. The molecule has 2 N–H and O–H groups in total. The van der Waals surface area contributed by atoms with Crippen molar-refractivity contribution in [3.8, 4) is 22.4 Å². The van der Waals surface area contributed by atoms with Crippen molar-refractivity contribution >= 4 is 38.8 Å². The van der Waals surface area contributed by atoms with Gasteiger partial charge in [-0.1, -0.05) is 17.4 Å². The SMILES string of the molecule is CCNC(=O)Nc1nc2cc(-c3cnc(C(C)(C)OC(=O)N4CCN(C)CC4)nc3)cc(-c3ccccn3)c2s1. The van der Waals surface area contributed by atoms with Gasteiger partial charge >= 0.3 is 12.1 Å². The zero-order valence-corrected chi connectivity index (χ0v) is 23.8. The number of amides is 3. The summed E-state index contributed by atoms with van der Waals surface area (Å²) in [6.45, 7) is 8.84. The number of nitrogens with zero attached hydrogens (tertiary/aromatic N) is 6. The number of urea groups is 1. The number of pyridine rings is 1. The number of anilines is 1. The Morgan fingerprint density at radius 2 is 1.80 bits per heavy atom. The van der Waals surface area contributed by atoms with E-state index in [-0.39, 0.29) is 12.1 Å². The van der Waals surface area contributed by atoms with Gasteiger partial charge in [0.15, 0.2) is 16.6 Å². The first-order chi connectivity index (χ1) is 19.2. The molecule has 1 saturated heterocycles. The number of rotatable bonds is 6. The van der Waals surface area contributed by atoms with Gasteiger partial charge in [0.1, 0.15) is 0 Å². The highest BCUT2D eigenvalue weighted by molar-refractivity contribution is 7.22. The lowest BCUT2D eigenvalue weighted by atomic mass is 10.0. The van der Waals surface area contributed by atoms with Crippen molar-refractivity contribution < 1.29 is 14.3 Å². The molecule has 11 nitrogen and oxygen atoms in total. The van der Waals surface area contributed by atoms with Crippen LogP contribution in [0.3, 0.4) is 0 Å². The predicted molar refractivity (Wildman–Crippen MR) is 155 cm³/mol. The Morgan fingerprint density at radius 3 is 2.48 bits per heavy atom. The third kappa shape index (κ3) is 6.02. The van der Waals surface area contributed by atoms with Gasteiger partial charge in [-0.15, -0.1) is 0 Å². The van der Waals surface area contributed by atoms with Crippen LogP contribution in [0.2, 0.25) is 0 Å². The van der Waals surface area contributed by atoms with E-state index in [0.717, 1.165) is 45.7 Å². The molecule has 3 amide bonds. The molecule has 3 aromatic heterocycles. The number of nitrogens with one attached hydrogen (secondary N) is 2. The molecule has 208 valence electrons. The van der Waals surface area contributed by atoms with Crippen molar-refractivity contribution in [3.63, 3.8) is 0 Å². The van der Waals surface area contributed by atoms with Gasteiger partial charge in [-0.2, -0.15) is 0 Å². The molecule has 0 radical (unpaired) electrons. The van der Waals surface area contributed by atoms with E-state index < -0.39 is 5.60 Å². The van der Waals surface area contributed by atoms with Gasteiger partial charge in [0.25, 0.3) is 0 Å². The van der Waals surface area contributed by atoms with Gasteiger partial charge in [-0.3, -0.25) is 10.3 Å². The molecule has 4 aromatic rings. The van der Waals surface area contributed by atoms with Crippen molar-refractivity contribution in [1.82, 2.24) is 35.1 Å². The Bertz CT molecular complexity index is 1500. The van der Waals surface area contributed by atoms with Crippen molar-refractivity contribution in [1.29, 1.82) is 0 Å². The van der Waals surface area contributed by atoms with Crippen LogP contribution in [-0.4, -0.2) is 81.6 Å². The maximum Gasteiger partial charge on any atom is 0.410 e. The molecule has 5 rings (SSSR count). The van der Waals surface area contributed by atoms with Crippen LogP contribution >= 0.6 is 11.3 Å². The minimum Gasteiger partial charge on any atom is -0.435 e. The van der Waals surface area contributed by atoms with Crippen LogP contribution < -0.4 is 10.6 Å². The molecule has 0 spiro atoms. The lowest BCUT2D eigenvalue weighted by Gasteiger charge is -2.34. The summed E-state index contributed by atoms with van der Waals surface area (Å²) in [5, 5.41) is 6.02. The van der Waals surface area contributed by atoms with Crippen LogP contribution in [0, 0.1) is 0 Å². The number of carbonyl (C=O) groups is 2. The molecule has 40 heavy (non-hydrogen) atoms. The summed E-state index contributed by atoms with van der Waals surface area (Å²) in [6, 6.07) is 9.39. The molecule has 0 saturated carbocycles. The standard InChI is InChI=1S/C28H32N8O3S/c1-5-29-25(37)34-26-33-22-15-18(14-20(23(22)40-26)21-8-6-7-9-30-21)19-16-31-24(32-17-19)28(2,3)39-27(38)36-12-10-35(4)11-13-36/h6-9,14-17H,5,10-13H2,1-4H3,(H2,29,33,34,37). The number of fused-ring (bicyclic) bond motifs is 1. The van der Waals surface area contributed by atoms with Gasteiger partial charge in [-0.05, 0) is 57.6 Å². The van der Waals surface area contributed by atoms with Crippen molar-refractivity contribution in [2.45, 2.75) is 26.4 Å². The quantitative estimate of drug-likeness (QED) is 0.351. The molecule has 0 unspecified atom stereocenters. The molecule has 1 aliphatic rings. The molecule has 4 heterocycles. The molecule has 1 fully saturated rings. The molecular weight excluding hydrogens is 528 g/mol. The zero-order valence-electron chi connectivity index (χ0n) is 23.0. The molecule has 0 atom stereocenters. The number of thiazole rings is 1. The number of ether oxygens (including phenoxy) is 1. The minimum atomic E-state index is -1.00. The number of hydrogen-bond acceptors (Lipinski definition) is 9. The lowest BCUT2D eigenvalue weighted by molar-refractivity contribution is -0.00148. The molecule has 1 aliphatic heterocycles.